The monoisotopic (exact) mass is 265 g/mol. The molecule has 0 spiro atoms. The highest BCUT2D eigenvalue weighted by molar-refractivity contribution is 5.88. The summed E-state index contributed by atoms with van der Waals surface area (Å²) < 4.78 is 11.5. The van der Waals surface area contributed by atoms with E-state index in [9.17, 15) is 4.79 Å². The number of morpholine rings is 1. The minimum atomic E-state index is -0.526. The van der Waals surface area contributed by atoms with Crippen molar-refractivity contribution in [1.29, 1.82) is 0 Å². The van der Waals surface area contributed by atoms with E-state index < -0.39 is 5.60 Å². The quantitative estimate of drug-likeness (QED) is 0.720. The van der Waals surface area contributed by atoms with E-state index in [0.29, 0.717) is 19.1 Å². The Morgan fingerprint density at radius 3 is 2.63 bits per heavy atom. The van der Waals surface area contributed by atoms with E-state index in [1.54, 1.807) is 0 Å². The second-order valence-electron chi connectivity index (χ2n) is 7.21. The van der Waals surface area contributed by atoms with Crippen LogP contribution in [0, 0.1) is 16.7 Å². The van der Waals surface area contributed by atoms with Gasteiger partial charge in [-0.05, 0) is 25.2 Å². The number of ether oxygens (including phenoxy) is 2. The first-order valence-electron chi connectivity index (χ1n) is 7.55. The lowest BCUT2D eigenvalue weighted by atomic mass is 9.66. The average Bonchev–Trinajstić information content (AvgIpc) is 2.91. The van der Waals surface area contributed by atoms with Gasteiger partial charge in [-0.15, -0.1) is 0 Å². The summed E-state index contributed by atoms with van der Waals surface area (Å²) >= 11 is 0. The standard InChI is InChI=1S/C15H23NO3/c1-13-10-19-15(9-11(13)3-4-14(13,15)2)12(17)16-5-7-18-8-6-16/h11H,3-10H2,1-2H3/t11-,13-,14+,15-/m1/s1. The molecule has 0 aromatic heterocycles. The molecular weight excluding hydrogens is 242 g/mol. The summed E-state index contributed by atoms with van der Waals surface area (Å²) in [4.78, 5) is 15.0. The summed E-state index contributed by atoms with van der Waals surface area (Å²) in [5.41, 5.74) is -0.267. The number of hydrogen-bond donors (Lipinski definition) is 0. The zero-order valence-corrected chi connectivity index (χ0v) is 11.9. The normalized spacial score (nSPS) is 51.9. The van der Waals surface area contributed by atoms with Gasteiger partial charge in [0.2, 0.25) is 0 Å². The van der Waals surface area contributed by atoms with Crippen molar-refractivity contribution in [1.82, 2.24) is 4.90 Å². The molecule has 4 atom stereocenters. The Morgan fingerprint density at radius 2 is 2.00 bits per heavy atom. The number of hydrogen-bond acceptors (Lipinski definition) is 3. The van der Waals surface area contributed by atoms with Crippen LogP contribution in [0.1, 0.15) is 33.1 Å². The Bertz CT molecular complexity index is 433. The van der Waals surface area contributed by atoms with Crippen molar-refractivity contribution in [3.8, 4) is 0 Å². The van der Waals surface area contributed by atoms with Crippen molar-refractivity contribution in [3.63, 3.8) is 0 Å². The van der Waals surface area contributed by atoms with E-state index in [2.05, 4.69) is 13.8 Å². The van der Waals surface area contributed by atoms with Crippen LogP contribution < -0.4 is 0 Å². The Balaban J connectivity index is 1.69. The molecule has 0 radical (unpaired) electrons. The number of nitrogens with zero attached hydrogens (tertiary/aromatic N) is 1. The van der Waals surface area contributed by atoms with E-state index >= 15 is 0 Å². The maximum atomic E-state index is 13.1. The number of rotatable bonds is 1. The van der Waals surface area contributed by atoms with Crippen molar-refractivity contribution < 1.29 is 14.3 Å². The fourth-order valence-corrected chi connectivity index (χ4v) is 5.26. The second kappa shape index (κ2) is 3.53. The van der Waals surface area contributed by atoms with E-state index in [0.717, 1.165) is 32.5 Å². The molecule has 2 saturated heterocycles. The molecule has 106 valence electrons. The molecule has 0 N–H and O–H groups in total. The summed E-state index contributed by atoms with van der Waals surface area (Å²) in [6, 6.07) is 0. The molecule has 4 nitrogen and oxygen atoms in total. The third-order valence-electron chi connectivity index (χ3n) is 6.84. The van der Waals surface area contributed by atoms with Crippen molar-refractivity contribution in [2.24, 2.45) is 16.7 Å². The van der Waals surface area contributed by atoms with E-state index in [1.165, 1.54) is 6.42 Å². The summed E-state index contributed by atoms with van der Waals surface area (Å²) in [6.07, 6.45) is 3.36. The smallest absolute Gasteiger partial charge is 0.255 e. The molecule has 4 rings (SSSR count). The first kappa shape index (κ1) is 12.2. The van der Waals surface area contributed by atoms with Gasteiger partial charge in [0.15, 0.2) is 5.60 Å². The molecule has 2 aliphatic carbocycles. The van der Waals surface area contributed by atoms with Crippen molar-refractivity contribution in [3.05, 3.63) is 0 Å². The lowest BCUT2D eigenvalue weighted by Gasteiger charge is -2.43. The molecule has 4 bridgehead atoms. The number of carbonyl (C=O) groups excluding carboxylic acids is 1. The zero-order valence-electron chi connectivity index (χ0n) is 11.9. The molecule has 19 heavy (non-hydrogen) atoms. The van der Waals surface area contributed by atoms with Gasteiger partial charge in [-0.25, -0.2) is 0 Å². The topological polar surface area (TPSA) is 38.8 Å². The molecular formula is C15H23NO3. The Hall–Kier alpha value is -0.610. The average molecular weight is 265 g/mol. The van der Waals surface area contributed by atoms with Gasteiger partial charge in [-0.1, -0.05) is 13.8 Å². The number of amides is 1. The predicted octanol–water partition coefficient (Wildman–Crippen LogP) is 1.44. The molecule has 1 amide bonds. The molecule has 4 fully saturated rings. The maximum Gasteiger partial charge on any atom is 0.255 e. The first-order chi connectivity index (χ1) is 9.04. The first-order valence-corrected chi connectivity index (χ1v) is 7.55. The second-order valence-corrected chi connectivity index (χ2v) is 7.21. The number of carbonyl (C=O) groups is 1. The van der Waals surface area contributed by atoms with Gasteiger partial charge in [-0.3, -0.25) is 4.79 Å². The van der Waals surface area contributed by atoms with Crippen LogP contribution in [0.15, 0.2) is 0 Å². The fourth-order valence-electron chi connectivity index (χ4n) is 5.26. The van der Waals surface area contributed by atoms with Crippen LogP contribution >= 0.6 is 0 Å². The Kier molecular flexibility index (Phi) is 2.26. The van der Waals surface area contributed by atoms with Gasteiger partial charge < -0.3 is 14.4 Å². The predicted molar refractivity (Wildman–Crippen MR) is 69.6 cm³/mol. The molecule has 4 aliphatic rings. The lowest BCUT2D eigenvalue weighted by molar-refractivity contribution is -0.170. The third-order valence-corrected chi connectivity index (χ3v) is 6.84. The molecule has 2 saturated carbocycles. The fraction of sp³-hybridized carbons (Fsp3) is 0.933. The third kappa shape index (κ3) is 1.17. The Labute approximate surface area is 114 Å². The van der Waals surface area contributed by atoms with Gasteiger partial charge >= 0.3 is 0 Å². The van der Waals surface area contributed by atoms with Crippen molar-refractivity contribution in [2.75, 3.05) is 32.9 Å². The zero-order chi connectivity index (χ0) is 13.3. The van der Waals surface area contributed by atoms with E-state index in [-0.39, 0.29) is 16.7 Å². The van der Waals surface area contributed by atoms with Gasteiger partial charge in [0.1, 0.15) is 0 Å². The SMILES string of the molecule is C[C@@]12CC[C@@H]3C[C@]1(C(=O)N1CCOCC1)OC[C@]32C. The summed E-state index contributed by atoms with van der Waals surface area (Å²) in [5.74, 6) is 0.917. The molecule has 2 heterocycles. The Morgan fingerprint density at radius 1 is 1.26 bits per heavy atom. The van der Waals surface area contributed by atoms with Gasteiger partial charge in [-0.2, -0.15) is 0 Å². The van der Waals surface area contributed by atoms with E-state index in [1.807, 2.05) is 4.90 Å². The van der Waals surface area contributed by atoms with Crippen LogP contribution in [0.4, 0.5) is 0 Å². The van der Waals surface area contributed by atoms with Gasteiger partial charge in [0.25, 0.3) is 5.91 Å². The summed E-state index contributed by atoms with van der Waals surface area (Å²) in [6.45, 7) is 8.18. The van der Waals surface area contributed by atoms with Crippen LogP contribution in [0.5, 0.6) is 0 Å². The minimum absolute atomic E-state index is 0.0417. The summed E-state index contributed by atoms with van der Waals surface area (Å²) in [7, 11) is 0. The van der Waals surface area contributed by atoms with Crippen LogP contribution in [-0.4, -0.2) is 49.3 Å². The van der Waals surface area contributed by atoms with Crippen molar-refractivity contribution in [2.45, 2.75) is 38.7 Å². The highest BCUT2D eigenvalue weighted by Crippen LogP contribution is 2.75. The van der Waals surface area contributed by atoms with Crippen LogP contribution in [0.25, 0.3) is 0 Å². The lowest BCUT2D eigenvalue weighted by Crippen LogP contribution is -2.58. The highest BCUT2D eigenvalue weighted by Gasteiger charge is 2.78. The van der Waals surface area contributed by atoms with Gasteiger partial charge in [0, 0.05) is 23.9 Å². The largest absolute Gasteiger partial charge is 0.378 e. The van der Waals surface area contributed by atoms with Crippen molar-refractivity contribution >= 4 is 5.91 Å². The highest BCUT2D eigenvalue weighted by atomic mass is 16.5. The van der Waals surface area contributed by atoms with Crippen LogP contribution in [0.2, 0.25) is 0 Å². The minimum Gasteiger partial charge on any atom is -0.378 e. The molecule has 2 aliphatic heterocycles. The molecule has 0 aromatic carbocycles. The van der Waals surface area contributed by atoms with Gasteiger partial charge in [0.05, 0.1) is 19.8 Å². The van der Waals surface area contributed by atoms with E-state index in [4.69, 9.17) is 9.47 Å². The van der Waals surface area contributed by atoms with Crippen LogP contribution in [-0.2, 0) is 14.3 Å². The van der Waals surface area contributed by atoms with Crippen LogP contribution in [0.3, 0.4) is 0 Å². The molecule has 0 aromatic rings. The molecule has 0 unspecified atom stereocenters. The maximum absolute atomic E-state index is 13.1. The molecule has 4 heteroatoms. The summed E-state index contributed by atoms with van der Waals surface area (Å²) in [5, 5.41) is 0.